The van der Waals surface area contributed by atoms with E-state index >= 15 is 0 Å². The molecule has 1 amide bonds. The van der Waals surface area contributed by atoms with E-state index in [1.165, 1.54) is 0 Å². The van der Waals surface area contributed by atoms with E-state index in [-0.39, 0.29) is 15.6 Å². The van der Waals surface area contributed by atoms with Crippen molar-refractivity contribution >= 4 is 60.4 Å². The van der Waals surface area contributed by atoms with Crippen molar-refractivity contribution < 1.29 is 13.2 Å². The van der Waals surface area contributed by atoms with E-state index in [4.69, 9.17) is 51.2 Å². The second-order valence-electron chi connectivity index (χ2n) is 2.66. The monoisotopic (exact) mass is 321 g/mol. The summed E-state index contributed by atoms with van der Waals surface area (Å²) in [5, 5.41) is -0.848. The van der Waals surface area contributed by atoms with Gasteiger partial charge in [0, 0.05) is 10.7 Å². The molecule has 0 atom stereocenters. The molecule has 1 rings (SSSR count). The van der Waals surface area contributed by atoms with Crippen LogP contribution >= 0.6 is 45.5 Å². The number of nitrogens with two attached hydrogens (primary N) is 1. The lowest BCUT2D eigenvalue weighted by Crippen LogP contribution is -2.14. The molecule has 0 aliphatic heterocycles. The molecule has 0 aliphatic carbocycles. The van der Waals surface area contributed by atoms with Crippen molar-refractivity contribution in [1.82, 2.24) is 0 Å². The fraction of sp³-hybridized carbons (Fsp3) is 0. The van der Waals surface area contributed by atoms with E-state index in [0.717, 1.165) is 6.07 Å². The van der Waals surface area contributed by atoms with Crippen molar-refractivity contribution in [3.8, 4) is 0 Å². The van der Waals surface area contributed by atoms with Crippen LogP contribution in [0, 0.1) is 0 Å². The zero-order valence-electron chi connectivity index (χ0n) is 7.30. The van der Waals surface area contributed by atoms with E-state index in [2.05, 4.69) is 0 Å². The van der Waals surface area contributed by atoms with Crippen LogP contribution in [0.2, 0.25) is 15.1 Å². The molecule has 0 spiro atoms. The number of carbonyl (C=O) groups excluding carboxylic acids is 1. The Hall–Kier alpha value is -0.200. The van der Waals surface area contributed by atoms with Crippen molar-refractivity contribution in [3.63, 3.8) is 0 Å². The first kappa shape index (κ1) is 13.9. The SMILES string of the molecule is NC(=O)c1c(Cl)c(Cl)cc(S(=O)(=O)Cl)c1Cl. The largest absolute Gasteiger partial charge is 0.366 e. The van der Waals surface area contributed by atoms with Gasteiger partial charge in [-0.2, -0.15) is 0 Å². The highest BCUT2D eigenvalue weighted by Gasteiger charge is 2.24. The molecule has 0 bridgehead atoms. The Morgan fingerprint density at radius 1 is 1.19 bits per heavy atom. The topological polar surface area (TPSA) is 77.2 Å². The summed E-state index contributed by atoms with van der Waals surface area (Å²) in [6.07, 6.45) is 0. The number of carbonyl (C=O) groups is 1. The fourth-order valence-electron chi connectivity index (χ4n) is 0.975. The van der Waals surface area contributed by atoms with Crippen molar-refractivity contribution in [2.45, 2.75) is 4.90 Å². The molecule has 0 unspecified atom stereocenters. The maximum absolute atomic E-state index is 11.1. The van der Waals surface area contributed by atoms with Crippen LogP contribution in [-0.2, 0) is 9.05 Å². The summed E-state index contributed by atoms with van der Waals surface area (Å²) < 4.78 is 22.2. The molecule has 0 fully saturated rings. The van der Waals surface area contributed by atoms with Crippen LogP contribution in [-0.4, -0.2) is 14.3 Å². The van der Waals surface area contributed by atoms with Crippen LogP contribution in [0.3, 0.4) is 0 Å². The second-order valence-corrected chi connectivity index (χ2v) is 6.36. The molecule has 0 radical (unpaired) electrons. The normalized spacial score (nSPS) is 11.5. The van der Waals surface area contributed by atoms with Crippen LogP contribution in [0.25, 0.3) is 0 Å². The molecular weight excluding hydrogens is 320 g/mol. The molecule has 1 aromatic carbocycles. The quantitative estimate of drug-likeness (QED) is 0.671. The Bertz CT molecular complexity index is 569. The van der Waals surface area contributed by atoms with Crippen LogP contribution in [0.5, 0.6) is 0 Å². The van der Waals surface area contributed by atoms with Gasteiger partial charge >= 0.3 is 0 Å². The molecule has 0 saturated heterocycles. The molecular formula is C7H3Cl4NO3S. The summed E-state index contributed by atoms with van der Waals surface area (Å²) in [7, 11) is 0.959. The van der Waals surface area contributed by atoms with Gasteiger partial charge in [0.1, 0.15) is 4.90 Å². The van der Waals surface area contributed by atoms with E-state index in [1.54, 1.807) is 0 Å². The molecule has 16 heavy (non-hydrogen) atoms. The summed E-state index contributed by atoms with van der Waals surface area (Å²) in [5.74, 6) is -1.00. The number of hydrogen-bond acceptors (Lipinski definition) is 3. The average molecular weight is 323 g/mol. The number of primary amides is 1. The lowest BCUT2D eigenvalue weighted by Gasteiger charge is -2.08. The molecule has 0 saturated carbocycles. The maximum atomic E-state index is 11.1. The van der Waals surface area contributed by atoms with Gasteiger partial charge < -0.3 is 5.73 Å². The Labute approximate surface area is 111 Å². The van der Waals surface area contributed by atoms with E-state index in [0.29, 0.717) is 0 Å². The third-order valence-corrected chi connectivity index (χ3v) is 4.27. The highest BCUT2D eigenvalue weighted by atomic mass is 35.7. The van der Waals surface area contributed by atoms with Gasteiger partial charge in [-0.05, 0) is 6.07 Å². The number of rotatable bonds is 2. The molecule has 9 heteroatoms. The van der Waals surface area contributed by atoms with Gasteiger partial charge in [0.05, 0.1) is 20.6 Å². The molecule has 88 valence electrons. The lowest BCUT2D eigenvalue weighted by atomic mass is 10.2. The average Bonchev–Trinajstić information content (AvgIpc) is 2.09. The summed E-state index contributed by atoms with van der Waals surface area (Å²) in [6.45, 7) is 0. The second kappa shape index (κ2) is 4.58. The van der Waals surface area contributed by atoms with Gasteiger partial charge in [0.2, 0.25) is 0 Å². The highest BCUT2D eigenvalue weighted by molar-refractivity contribution is 8.13. The van der Waals surface area contributed by atoms with Gasteiger partial charge in [-0.25, -0.2) is 8.42 Å². The minimum atomic E-state index is -4.14. The van der Waals surface area contributed by atoms with Crippen molar-refractivity contribution in [1.29, 1.82) is 0 Å². The predicted octanol–water partition coefficient (Wildman–Crippen LogP) is 2.67. The first-order valence-electron chi connectivity index (χ1n) is 3.58. The van der Waals surface area contributed by atoms with Crippen molar-refractivity contribution in [3.05, 3.63) is 26.7 Å². The van der Waals surface area contributed by atoms with Gasteiger partial charge in [0.25, 0.3) is 15.0 Å². The van der Waals surface area contributed by atoms with Crippen molar-refractivity contribution in [2.75, 3.05) is 0 Å². The van der Waals surface area contributed by atoms with Gasteiger partial charge in [-0.3, -0.25) is 4.79 Å². The van der Waals surface area contributed by atoms with Gasteiger partial charge in [-0.15, -0.1) is 0 Å². The number of amides is 1. The van der Waals surface area contributed by atoms with Crippen molar-refractivity contribution in [2.24, 2.45) is 5.73 Å². The lowest BCUT2D eigenvalue weighted by molar-refractivity contribution is 0.100. The van der Waals surface area contributed by atoms with Crippen LogP contribution < -0.4 is 5.73 Å². The molecule has 0 heterocycles. The number of benzene rings is 1. The summed E-state index contributed by atoms with van der Waals surface area (Å²) in [5.41, 5.74) is 4.61. The van der Waals surface area contributed by atoms with E-state index in [9.17, 15) is 13.2 Å². The Balaban J connectivity index is 3.78. The smallest absolute Gasteiger partial charge is 0.262 e. The first-order chi connectivity index (χ1) is 7.16. The summed E-state index contributed by atoms with van der Waals surface area (Å²) >= 11 is 16.9. The molecule has 1 aromatic rings. The maximum Gasteiger partial charge on any atom is 0.262 e. The Morgan fingerprint density at radius 3 is 2.06 bits per heavy atom. The zero-order chi connectivity index (χ0) is 12.7. The Kier molecular flexibility index (Phi) is 3.97. The molecule has 2 N–H and O–H groups in total. The fourth-order valence-corrected chi connectivity index (χ4v) is 3.14. The molecule has 4 nitrogen and oxygen atoms in total. The number of hydrogen-bond donors (Lipinski definition) is 1. The summed E-state index contributed by atoms with van der Waals surface area (Å²) in [4.78, 5) is 10.5. The first-order valence-corrected chi connectivity index (χ1v) is 7.02. The molecule has 0 aromatic heterocycles. The summed E-state index contributed by atoms with van der Waals surface area (Å²) in [6, 6.07) is 0.945. The minimum Gasteiger partial charge on any atom is -0.366 e. The minimum absolute atomic E-state index is 0.181. The van der Waals surface area contributed by atoms with Gasteiger partial charge in [0.15, 0.2) is 0 Å². The third-order valence-electron chi connectivity index (χ3n) is 1.63. The van der Waals surface area contributed by atoms with Crippen LogP contribution in [0.15, 0.2) is 11.0 Å². The van der Waals surface area contributed by atoms with E-state index in [1.807, 2.05) is 0 Å². The zero-order valence-corrected chi connectivity index (χ0v) is 11.1. The standard InChI is InChI=1S/C7H3Cl4NO3S/c8-2-1-3(16(11,14)15)6(10)4(5(2)9)7(12)13/h1H,(H2,12,13). The van der Waals surface area contributed by atoms with Crippen LogP contribution in [0.4, 0.5) is 0 Å². The Morgan fingerprint density at radius 2 is 1.69 bits per heavy atom. The predicted molar refractivity (Wildman–Crippen MR) is 63.0 cm³/mol. The third kappa shape index (κ3) is 2.55. The highest BCUT2D eigenvalue weighted by Crippen LogP contribution is 2.37. The number of halogens is 4. The van der Waals surface area contributed by atoms with Gasteiger partial charge in [-0.1, -0.05) is 34.8 Å². The molecule has 0 aliphatic rings. The van der Waals surface area contributed by atoms with Crippen LogP contribution in [0.1, 0.15) is 10.4 Å². The van der Waals surface area contributed by atoms with E-state index < -0.39 is 24.9 Å².